The van der Waals surface area contributed by atoms with E-state index in [2.05, 4.69) is 9.72 Å². The molecule has 0 unspecified atom stereocenters. The van der Waals surface area contributed by atoms with E-state index in [0.29, 0.717) is 21.2 Å². The van der Waals surface area contributed by atoms with Gasteiger partial charge in [0.15, 0.2) is 0 Å². The van der Waals surface area contributed by atoms with Gasteiger partial charge in [-0.25, -0.2) is 4.79 Å². The van der Waals surface area contributed by atoms with Crippen molar-refractivity contribution in [2.45, 2.75) is 0 Å². The SMILES string of the molecule is COC(=O)c1ccc(-c2c(Cl)cncc2Cl)cc1. The second kappa shape index (κ2) is 5.38. The van der Waals surface area contributed by atoms with E-state index < -0.39 is 0 Å². The van der Waals surface area contributed by atoms with E-state index in [1.165, 1.54) is 19.5 Å². The molecule has 3 nitrogen and oxygen atoms in total. The third kappa shape index (κ3) is 2.47. The minimum absolute atomic E-state index is 0.381. The predicted molar refractivity (Wildman–Crippen MR) is 71.0 cm³/mol. The van der Waals surface area contributed by atoms with Crippen molar-refractivity contribution < 1.29 is 9.53 Å². The topological polar surface area (TPSA) is 39.2 Å². The molecule has 0 radical (unpaired) electrons. The number of carbonyl (C=O) groups is 1. The van der Waals surface area contributed by atoms with E-state index >= 15 is 0 Å². The van der Waals surface area contributed by atoms with Crippen molar-refractivity contribution in [3.8, 4) is 11.1 Å². The van der Waals surface area contributed by atoms with Crippen LogP contribution in [-0.2, 0) is 4.74 Å². The Morgan fingerprint density at radius 2 is 1.67 bits per heavy atom. The Bertz CT molecular complexity index is 562. The first kappa shape index (κ1) is 12.9. The second-order valence-corrected chi connectivity index (χ2v) is 4.36. The number of esters is 1. The van der Waals surface area contributed by atoms with E-state index in [1.807, 2.05) is 0 Å². The fraction of sp³-hybridized carbons (Fsp3) is 0.0769. The van der Waals surface area contributed by atoms with Crippen molar-refractivity contribution in [2.75, 3.05) is 7.11 Å². The van der Waals surface area contributed by atoms with Crippen molar-refractivity contribution in [1.29, 1.82) is 0 Å². The number of methoxy groups -OCH3 is 1. The quantitative estimate of drug-likeness (QED) is 0.785. The second-order valence-electron chi connectivity index (χ2n) is 3.55. The molecule has 0 atom stereocenters. The Hall–Kier alpha value is -1.58. The highest BCUT2D eigenvalue weighted by atomic mass is 35.5. The molecule has 2 rings (SSSR count). The van der Waals surface area contributed by atoms with Crippen molar-refractivity contribution in [2.24, 2.45) is 0 Å². The first-order valence-corrected chi connectivity index (χ1v) is 5.87. The van der Waals surface area contributed by atoms with Crippen molar-refractivity contribution >= 4 is 29.2 Å². The van der Waals surface area contributed by atoms with E-state index in [-0.39, 0.29) is 5.97 Å². The number of aromatic nitrogens is 1. The van der Waals surface area contributed by atoms with Gasteiger partial charge in [-0.1, -0.05) is 35.3 Å². The minimum atomic E-state index is -0.381. The number of carbonyl (C=O) groups excluding carboxylic acids is 1. The molecule has 1 heterocycles. The zero-order chi connectivity index (χ0) is 13.1. The monoisotopic (exact) mass is 281 g/mol. The number of benzene rings is 1. The zero-order valence-corrected chi connectivity index (χ0v) is 11.0. The summed E-state index contributed by atoms with van der Waals surface area (Å²) in [4.78, 5) is 15.2. The molecule has 2 aromatic rings. The van der Waals surface area contributed by atoms with E-state index in [1.54, 1.807) is 24.3 Å². The third-order valence-electron chi connectivity index (χ3n) is 2.45. The minimum Gasteiger partial charge on any atom is -0.465 e. The molecule has 0 aliphatic heterocycles. The van der Waals surface area contributed by atoms with Gasteiger partial charge in [0.2, 0.25) is 0 Å². The number of hydrogen-bond acceptors (Lipinski definition) is 3. The molecule has 0 saturated carbocycles. The molecule has 0 aliphatic carbocycles. The van der Waals surface area contributed by atoms with Crippen LogP contribution in [0.3, 0.4) is 0 Å². The lowest BCUT2D eigenvalue weighted by molar-refractivity contribution is 0.0601. The summed E-state index contributed by atoms with van der Waals surface area (Å²) in [6.45, 7) is 0. The highest BCUT2D eigenvalue weighted by Crippen LogP contribution is 2.33. The van der Waals surface area contributed by atoms with Crippen LogP contribution >= 0.6 is 23.2 Å². The van der Waals surface area contributed by atoms with Gasteiger partial charge in [-0.15, -0.1) is 0 Å². The number of pyridine rings is 1. The molecule has 0 N–H and O–H groups in total. The normalized spacial score (nSPS) is 10.2. The van der Waals surface area contributed by atoms with Crippen molar-refractivity contribution in [3.05, 3.63) is 52.3 Å². The van der Waals surface area contributed by atoms with Gasteiger partial charge < -0.3 is 4.74 Å². The fourth-order valence-corrected chi connectivity index (χ4v) is 2.16. The molecular formula is C13H9Cl2NO2. The first-order chi connectivity index (χ1) is 8.63. The Balaban J connectivity index is 2.44. The van der Waals surface area contributed by atoms with Crippen LogP contribution in [0, 0.1) is 0 Å². The molecule has 1 aromatic carbocycles. The van der Waals surface area contributed by atoms with Crippen molar-refractivity contribution in [3.63, 3.8) is 0 Å². The van der Waals surface area contributed by atoms with Gasteiger partial charge in [0.25, 0.3) is 0 Å². The van der Waals surface area contributed by atoms with Gasteiger partial charge in [0.1, 0.15) is 0 Å². The molecule has 5 heteroatoms. The van der Waals surface area contributed by atoms with Crippen LogP contribution in [0.4, 0.5) is 0 Å². The molecule has 92 valence electrons. The van der Waals surface area contributed by atoms with E-state index in [0.717, 1.165) is 5.56 Å². The first-order valence-electron chi connectivity index (χ1n) is 5.11. The van der Waals surface area contributed by atoms with E-state index in [9.17, 15) is 4.79 Å². The summed E-state index contributed by atoms with van der Waals surface area (Å²) in [5.74, 6) is -0.381. The average Bonchev–Trinajstić information content (AvgIpc) is 2.38. The Kier molecular flexibility index (Phi) is 3.84. The van der Waals surface area contributed by atoms with E-state index in [4.69, 9.17) is 23.2 Å². The highest BCUT2D eigenvalue weighted by Gasteiger charge is 2.10. The summed E-state index contributed by atoms with van der Waals surface area (Å²) < 4.78 is 4.63. The van der Waals surface area contributed by atoms with Crippen LogP contribution in [0.2, 0.25) is 10.0 Å². The third-order valence-corrected chi connectivity index (χ3v) is 3.02. The molecule has 0 spiro atoms. The number of nitrogens with zero attached hydrogens (tertiary/aromatic N) is 1. The molecule has 0 amide bonds. The van der Waals surface area contributed by atoms with Gasteiger partial charge >= 0.3 is 5.97 Å². The fourth-order valence-electron chi connectivity index (χ4n) is 1.58. The number of halogens is 2. The van der Waals surface area contributed by atoms with Crippen LogP contribution in [0.1, 0.15) is 10.4 Å². The van der Waals surface area contributed by atoms with Crippen LogP contribution in [-0.4, -0.2) is 18.1 Å². The van der Waals surface area contributed by atoms with Crippen molar-refractivity contribution in [1.82, 2.24) is 4.98 Å². The number of hydrogen-bond donors (Lipinski definition) is 0. The summed E-state index contributed by atoms with van der Waals surface area (Å²) in [6, 6.07) is 6.85. The molecule has 18 heavy (non-hydrogen) atoms. The Morgan fingerprint density at radius 1 is 1.11 bits per heavy atom. The highest BCUT2D eigenvalue weighted by molar-refractivity contribution is 6.38. The van der Waals surface area contributed by atoms with Crippen LogP contribution in [0.25, 0.3) is 11.1 Å². The van der Waals surface area contributed by atoms with Crippen LogP contribution in [0.5, 0.6) is 0 Å². The molecule has 0 fully saturated rings. The smallest absolute Gasteiger partial charge is 0.337 e. The molecule has 0 saturated heterocycles. The molecule has 0 bridgehead atoms. The van der Waals surface area contributed by atoms with Gasteiger partial charge in [-0.05, 0) is 17.7 Å². The Morgan fingerprint density at radius 3 is 2.17 bits per heavy atom. The lowest BCUT2D eigenvalue weighted by Crippen LogP contribution is -2.00. The van der Waals surface area contributed by atoms with Gasteiger partial charge in [0.05, 0.1) is 22.7 Å². The molecular weight excluding hydrogens is 273 g/mol. The average molecular weight is 282 g/mol. The van der Waals surface area contributed by atoms with Gasteiger partial charge in [-0.2, -0.15) is 0 Å². The standard InChI is InChI=1S/C13H9Cl2NO2/c1-18-13(17)9-4-2-8(3-5-9)12-10(14)6-16-7-11(12)15/h2-7H,1H3. The summed E-state index contributed by atoms with van der Waals surface area (Å²) in [7, 11) is 1.34. The lowest BCUT2D eigenvalue weighted by atomic mass is 10.1. The Labute approximate surface area is 114 Å². The zero-order valence-electron chi connectivity index (χ0n) is 9.48. The number of ether oxygens (including phenoxy) is 1. The summed E-state index contributed by atoms with van der Waals surface area (Å²) in [5.41, 5.74) is 1.99. The maximum atomic E-state index is 11.3. The van der Waals surface area contributed by atoms with Crippen LogP contribution in [0.15, 0.2) is 36.7 Å². The number of rotatable bonds is 2. The van der Waals surface area contributed by atoms with Gasteiger partial charge in [-0.3, -0.25) is 4.98 Å². The predicted octanol–water partition coefficient (Wildman–Crippen LogP) is 3.84. The summed E-state index contributed by atoms with van der Waals surface area (Å²) in [6.07, 6.45) is 3.05. The van der Waals surface area contributed by atoms with Crippen LogP contribution < -0.4 is 0 Å². The lowest BCUT2D eigenvalue weighted by Gasteiger charge is -2.07. The largest absolute Gasteiger partial charge is 0.465 e. The molecule has 1 aromatic heterocycles. The summed E-state index contributed by atoms with van der Waals surface area (Å²) in [5, 5.41) is 0.932. The summed E-state index contributed by atoms with van der Waals surface area (Å²) >= 11 is 12.1. The molecule has 0 aliphatic rings. The maximum Gasteiger partial charge on any atom is 0.337 e. The van der Waals surface area contributed by atoms with Gasteiger partial charge in [0, 0.05) is 18.0 Å². The maximum absolute atomic E-state index is 11.3.